The lowest BCUT2D eigenvalue weighted by Crippen LogP contribution is -2.29. The Bertz CT molecular complexity index is 710. The number of nitrogens with one attached hydrogen (secondary N) is 2. The van der Waals surface area contributed by atoms with Crippen LogP contribution < -0.4 is 16.4 Å². The molecule has 0 aliphatic rings. The molecule has 136 valence electrons. The van der Waals surface area contributed by atoms with Crippen LogP contribution in [-0.4, -0.2) is 38.5 Å². The fraction of sp³-hybridized carbons (Fsp3) is 0.533. The lowest BCUT2D eigenvalue weighted by Gasteiger charge is -2.05. The summed E-state index contributed by atoms with van der Waals surface area (Å²) in [4.78, 5) is 28.1. The normalized spacial score (nSPS) is 10.8. The molecule has 3 amide bonds. The van der Waals surface area contributed by atoms with Gasteiger partial charge in [-0.2, -0.15) is 0 Å². The molecule has 0 aliphatic carbocycles. The lowest BCUT2D eigenvalue weighted by atomic mass is 10.1. The van der Waals surface area contributed by atoms with E-state index in [1.165, 1.54) is 17.5 Å². The molecule has 2 aromatic heterocycles. The summed E-state index contributed by atoms with van der Waals surface area (Å²) in [5.74, 6) is -0.0329. The molecule has 2 aromatic rings. The number of nitrogens with zero attached hydrogens (tertiary/aromatic N) is 4. The Kier molecular flexibility index (Phi) is 6.87. The van der Waals surface area contributed by atoms with Gasteiger partial charge in [-0.3, -0.25) is 14.8 Å². The Balaban J connectivity index is 1.61. The number of carbonyl (C=O) groups excluding carboxylic acids is 2. The monoisotopic (exact) mass is 365 g/mol. The molecule has 0 spiro atoms. The number of amides is 3. The van der Waals surface area contributed by atoms with E-state index in [0.29, 0.717) is 24.1 Å². The first-order valence-corrected chi connectivity index (χ1v) is 8.95. The molecule has 10 heteroatoms. The molecule has 0 fully saturated rings. The van der Waals surface area contributed by atoms with Gasteiger partial charge in [-0.15, -0.1) is 16.4 Å². The number of hydrogen-bond donors (Lipinski definition) is 3. The second-order valence-electron chi connectivity index (χ2n) is 6.05. The third-order valence-electron chi connectivity index (χ3n) is 3.27. The van der Waals surface area contributed by atoms with Crippen LogP contribution in [0.1, 0.15) is 42.1 Å². The van der Waals surface area contributed by atoms with Crippen LogP contribution in [0.5, 0.6) is 0 Å². The number of unbranched alkanes of at least 4 members (excludes halogenated alkanes) is 1. The summed E-state index contributed by atoms with van der Waals surface area (Å²) in [5.41, 5.74) is 5.26. The summed E-state index contributed by atoms with van der Waals surface area (Å²) in [6.07, 6.45) is 5.84. The molecule has 0 saturated heterocycles. The summed E-state index contributed by atoms with van der Waals surface area (Å²) >= 11 is 1.50. The molecular weight excluding hydrogens is 342 g/mol. The van der Waals surface area contributed by atoms with Gasteiger partial charge in [-0.25, -0.2) is 9.78 Å². The molecule has 0 radical (unpaired) electrons. The van der Waals surface area contributed by atoms with Crippen LogP contribution in [0.4, 0.5) is 9.93 Å². The Morgan fingerprint density at radius 3 is 2.84 bits per heavy atom. The van der Waals surface area contributed by atoms with E-state index in [4.69, 9.17) is 5.73 Å². The fourth-order valence-corrected chi connectivity index (χ4v) is 3.14. The zero-order chi connectivity index (χ0) is 18.2. The standard InChI is InChI=1S/C15H23N7O2S/c1-10(2)7-11-8-18-15(25-11)19-14(24)17-5-3-4-6-22-9-12(13(16)23)20-21-22/h8-10H,3-7H2,1-2H3,(H2,16,23)(H2,17,18,19,24). The number of urea groups is 1. The van der Waals surface area contributed by atoms with E-state index in [1.807, 2.05) is 0 Å². The second-order valence-corrected chi connectivity index (χ2v) is 7.16. The minimum atomic E-state index is -0.594. The first-order valence-electron chi connectivity index (χ1n) is 8.13. The van der Waals surface area contributed by atoms with Gasteiger partial charge in [0.1, 0.15) is 0 Å². The first kappa shape index (κ1) is 18.8. The van der Waals surface area contributed by atoms with Crippen LogP contribution >= 0.6 is 11.3 Å². The van der Waals surface area contributed by atoms with Crippen LogP contribution in [0, 0.1) is 5.92 Å². The van der Waals surface area contributed by atoms with Gasteiger partial charge in [-0.1, -0.05) is 19.1 Å². The van der Waals surface area contributed by atoms with Crippen LogP contribution in [0.15, 0.2) is 12.4 Å². The van der Waals surface area contributed by atoms with Crippen LogP contribution in [0.2, 0.25) is 0 Å². The predicted molar refractivity (Wildman–Crippen MR) is 95.5 cm³/mol. The number of carbonyl (C=O) groups is 2. The Labute approximate surface area is 150 Å². The topological polar surface area (TPSA) is 128 Å². The van der Waals surface area contributed by atoms with E-state index < -0.39 is 5.91 Å². The molecule has 9 nitrogen and oxygen atoms in total. The number of thiazole rings is 1. The fourth-order valence-electron chi connectivity index (χ4n) is 2.12. The Morgan fingerprint density at radius 2 is 2.16 bits per heavy atom. The summed E-state index contributed by atoms with van der Waals surface area (Å²) in [6, 6.07) is -0.262. The van der Waals surface area contributed by atoms with Gasteiger partial charge in [0.15, 0.2) is 10.8 Å². The number of hydrogen-bond acceptors (Lipinski definition) is 6. The highest BCUT2D eigenvalue weighted by Gasteiger charge is 2.08. The molecule has 0 aromatic carbocycles. The Hall–Kier alpha value is -2.49. The third kappa shape index (κ3) is 6.49. The van der Waals surface area contributed by atoms with E-state index >= 15 is 0 Å². The van der Waals surface area contributed by atoms with Gasteiger partial charge in [0.25, 0.3) is 5.91 Å². The van der Waals surface area contributed by atoms with Gasteiger partial charge in [0, 0.05) is 24.2 Å². The van der Waals surface area contributed by atoms with Crippen molar-refractivity contribution < 1.29 is 9.59 Å². The second kappa shape index (κ2) is 9.11. The van der Waals surface area contributed by atoms with Crippen molar-refractivity contribution in [2.75, 3.05) is 11.9 Å². The number of anilines is 1. The van der Waals surface area contributed by atoms with Gasteiger partial charge in [0.05, 0.1) is 6.20 Å². The molecule has 0 atom stereocenters. The average Bonchev–Trinajstić information content (AvgIpc) is 3.16. The van der Waals surface area contributed by atoms with Gasteiger partial charge < -0.3 is 11.1 Å². The molecule has 2 heterocycles. The molecule has 0 saturated carbocycles. The molecule has 4 N–H and O–H groups in total. The minimum Gasteiger partial charge on any atom is -0.364 e. The maximum absolute atomic E-state index is 11.8. The number of nitrogens with two attached hydrogens (primary N) is 1. The molecular formula is C15H23N7O2S. The number of primary amides is 1. The number of aryl methyl sites for hydroxylation is 1. The maximum Gasteiger partial charge on any atom is 0.321 e. The lowest BCUT2D eigenvalue weighted by molar-refractivity contribution is 0.0995. The zero-order valence-corrected chi connectivity index (χ0v) is 15.2. The van der Waals surface area contributed by atoms with Crippen LogP contribution in [0.3, 0.4) is 0 Å². The van der Waals surface area contributed by atoms with Crippen LogP contribution in [0.25, 0.3) is 0 Å². The first-order chi connectivity index (χ1) is 11.9. The highest BCUT2D eigenvalue weighted by Crippen LogP contribution is 2.20. The highest BCUT2D eigenvalue weighted by molar-refractivity contribution is 7.15. The molecule has 0 unspecified atom stereocenters. The molecule has 25 heavy (non-hydrogen) atoms. The van der Waals surface area contributed by atoms with Crippen molar-refractivity contribution in [2.24, 2.45) is 11.7 Å². The number of rotatable bonds is 9. The smallest absolute Gasteiger partial charge is 0.321 e. The van der Waals surface area contributed by atoms with Crippen molar-refractivity contribution in [3.8, 4) is 0 Å². The Morgan fingerprint density at radius 1 is 1.36 bits per heavy atom. The SMILES string of the molecule is CC(C)Cc1cnc(NC(=O)NCCCCn2cc(C(N)=O)nn2)s1. The predicted octanol–water partition coefficient (Wildman–Crippen LogP) is 1.63. The van der Waals surface area contributed by atoms with Crippen molar-refractivity contribution in [2.45, 2.75) is 39.7 Å². The molecule has 2 rings (SSSR count). The van der Waals surface area contributed by atoms with Crippen molar-refractivity contribution in [1.82, 2.24) is 25.3 Å². The van der Waals surface area contributed by atoms with Crippen molar-refractivity contribution in [1.29, 1.82) is 0 Å². The summed E-state index contributed by atoms with van der Waals surface area (Å²) in [7, 11) is 0. The van der Waals surface area contributed by atoms with Crippen molar-refractivity contribution >= 4 is 28.4 Å². The zero-order valence-electron chi connectivity index (χ0n) is 14.4. The van der Waals surface area contributed by atoms with E-state index in [2.05, 4.69) is 39.8 Å². The highest BCUT2D eigenvalue weighted by atomic mass is 32.1. The number of aromatic nitrogens is 4. The quantitative estimate of drug-likeness (QED) is 0.582. The largest absolute Gasteiger partial charge is 0.364 e. The summed E-state index contributed by atoms with van der Waals surface area (Å²) < 4.78 is 1.56. The maximum atomic E-state index is 11.8. The summed E-state index contributed by atoms with van der Waals surface area (Å²) in [6.45, 7) is 5.43. The van der Waals surface area contributed by atoms with Crippen molar-refractivity contribution in [3.05, 3.63) is 23.0 Å². The van der Waals surface area contributed by atoms with Gasteiger partial charge in [0.2, 0.25) is 0 Å². The third-order valence-corrected chi connectivity index (χ3v) is 4.21. The van der Waals surface area contributed by atoms with Crippen LogP contribution in [-0.2, 0) is 13.0 Å². The van der Waals surface area contributed by atoms with Crippen molar-refractivity contribution in [3.63, 3.8) is 0 Å². The van der Waals surface area contributed by atoms with E-state index in [1.54, 1.807) is 10.9 Å². The van der Waals surface area contributed by atoms with Gasteiger partial charge in [-0.05, 0) is 25.2 Å². The average molecular weight is 365 g/mol. The van der Waals surface area contributed by atoms with E-state index in [9.17, 15) is 9.59 Å². The van der Waals surface area contributed by atoms with E-state index in [-0.39, 0.29) is 11.7 Å². The van der Waals surface area contributed by atoms with Gasteiger partial charge >= 0.3 is 6.03 Å². The summed E-state index contributed by atoms with van der Waals surface area (Å²) in [5, 5.41) is 13.6. The molecule has 0 aliphatic heterocycles. The minimum absolute atomic E-state index is 0.151. The van der Waals surface area contributed by atoms with E-state index in [0.717, 1.165) is 24.1 Å². The molecule has 0 bridgehead atoms.